The Morgan fingerprint density at radius 3 is 2.89 bits per heavy atom. The normalized spacial score (nSPS) is 16.7. The number of hydrogen-bond acceptors (Lipinski definition) is 4. The number of esters is 1. The second kappa shape index (κ2) is 4.66. The number of rotatable bonds is 1. The van der Waals surface area contributed by atoms with Crippen LogP contribution < -0.4 is 4.74 Å². The summed E-state index contributed by atoms with van der Waals surface area (Å²) in [5, 5.41) is 1.97. The molecule has 1 aliphatic heterocycles. The molecule has 90 valence electrons. The smallest absolute Gasteiger partial charge is 0.347 e. The van der Waals surface area contributed by atoms with Crippen molar-refractivity contribution in [3.8, 4) is 5.75 Å². The molecule has 0 fully saturated rings. The number of carbonyl (C=O) groups excluding carboxylic acids is 1. The van der Waals surface area contributed by atoms with E-state index in [9.17, 15) is 4.79 Å². The minimum absolute atomic E-state index is 0.265. The lowest BCUT2D eigenvalue weighted by Gasteiger charge is -2.03. The fourth-order valence-corrected chi connectivity index (χ4v) is 2.39. The molecule has 0 unspecified atom stereocenters. The number of benzene rings is 1. The molecule has 0 saturated carbocycles. The lowest BCUT2D eigenvalue weighted by Crippen LogP contribution is -2.03. The molecule has 0 atom stereocenters. The van der Waals surface area contributed by atoms with Gasteiger partial charge in [0.25, 0.3) is 0 Å². The highest BCUT2D eigenvalue weighted by Gasteiger charge is 2.20. The summed E-state index contributed by atoms with van der Waals surface area (Å²) in [5.41, 5.74) is 0.465. The molecule has 2 aromatic rings. The molecule has 1 aliphatic rings. The van der Waals surface area contributed by atoms with Crippen molar-refractivity contribution in [3.63, 3.8) is 0 Å². The molecule has 0 saturated heterocycles. The van der Waals surface area contributed by atoms with E-state index in [4.69, 9.17) is 9.47 Å². The van der Waals surface area contributed by atoms with Crippen molar-refractivity contribution in [2.75, 3.05) is 6.61 Å². The van der Waals surface area contributed by atoms with Crippen LogP contribution in [0.5, 0.6) is 5.75 Å². The third kappa shape index (κ3) is 2.15. The average Bonchev–Trinajstić information content (AvgIpc) is 2.83. The van der Waals surface area contributed by atoms with Crippen molar-refractivity contribution >= 4 is 23.4 Å². The van der Waals surface area contributed by atoms with Gasteiger partial charge in [0.1, 0.15) is 23.7 Å². The van der Waals surface area contributed by atoms with Crippen LogP contribution in [0.15, 0.2) is 47.5 Å². The number of para-hydroxylation sites is 1. The van der Waals surface area contributed by atoms with Gasteiger partial charge in [0.15, 0.2) is 0 Å². The van der Waals surface area contributed by atoms with Crippen molar-refractivity contribution in [2.45, 2.75) is 0 Å². The number of hydrogen-bond donors (Lipinski definition) is 0. The number of fused-ring (bicyclic) bond motifs is 1. The lowest BCUT2D eigenvalue weighted by atomic mass is 10.2. The summed E-state index contributed by atoms with van der Waals surface area (Å²) >= 11 is 1.59. The van der Waals surface area contributed by atoms with Crippen LogP contribution >= 0.6 is 11.3 Å². The van der Waals surface area contributed by atoms with Crippen LogP contribution in [0.3, 0.4) is 0 Å². The molecule has 0 aliphatic carbocycles. The highest BCUT2D eigenvalue weighted by molar-refractivity contribution is 7.10. The van der Waals surface area contributed by atoms with Crippen molar-refractivity contribution < 1.29 is 14.3 Å². The second-order valence-corrected chi connectivity index (χ2v) is 4.78. The van der Waals surface area contributed by atoms with Gasteiger partial charge in [0.2, 0.25) is 0 Å². The summed E-state index contributed by atoms with van der Waals surface area (Å²) in [6.45, 7) is 0.265. The summed E-state index contributed by atoms with van der Waals surface area (Å²) in [6.07, 6.45) is 1.83. The van der Waals surface area contributed by atoms with Crippen LogP contribution in [0.2, 0.25) is 0 Å². The van der Waals surface area contributed by atoms with Gasteiger partial charge < -0.3 is 9.47 Å². The first-order valence-corrected chi connectivity index (χ1v) is 6.39. The number of carbonyl (C=O) groups is 1. The zero-order valence-corrected chi connectivity index (χ0v) is 10.3. The molecule has 0 spiro atoms. The maximum Gasteiger partial charge on any atom is 0.347 e. The summed E-state index contributed by atoms with van der Waals surface area (Å²) in [7, 11) is 0. The highest BCUT2D eigenvalue weighted by Crippen LogP contribution is 2.25. The zero-order valence-electron chi connectivity index (χ0n) is 9.46. The Morgan fingerprint density at radius 1 is 1.17 bits per heavy atom. The van der Waals surface area contributed by atoms with E-state index in [1.165, 1.54) is 0 Å². The predicted octanol–water partition coefficient (Wildman–Crippen LogP) is 3.34. The topological polar surface area (TPSA) is 35.5 Å². The van der Waals surface area contributed by atoms with Gasteiger partial charge in [-0.05, 0) is 29.7 Å². The molecular weight excluding hydrogens is 248 g/mol. The molecule has 0 N–H and O–H groups in total. The van der Waals surface area contributed by atoms with Gasteiger partial charge in [-0.2, -0.15) is 0 Å². The first-order valence-electron chi connectivity index (χ1n) is 5.51. The third-order valence-electron chi connectivity index (χ3n) is 2.55. The maximum atomic E-state index is 11.9. The van der Waals surface area contributed by atoms with Gasteiger partial charge in [0.05, 0.1) is 0 Å². The Hall–Kier alpha value is -2.07. The molecule has 1 aromatic carbocycles. The Bertz CT molecular complexity index is 599. The molecule has 18 heavy (non-hydrogen) atoms. The molecule has 2 heterocycles. The van der Waals surface area contributed by atoms with E-state index in [1.54, 1.807) is 29.5 Å². The zero-order chi connectivity index (χ0) is 12.4. The molecule has 4 heteroatoms. The molecule has 3 rings (SSSR count). The summed E-state index contributed by atoms with van der Waals surface area (Å²) in [4.78, 5) is 12.9. The van der Waals surface area contributed by atoms with Crippen LogP contribution in [0, 0.1) is 0 Å². The van der Waals surface area contributed by atoms with E-state index in [0.717, 1.165) is 4.88 Å². The monoisotopic (exact) mass is 258 g/mol. The molecule has 1 aromatic heterocycles. The number of thiophene rings is 1. The Morgan fingerprint density at radius 2 is 2.06 bits per heavy atom. The van der Waals surface area contributed by atoms with Crippen LogP contribution in [0.4, 0.5) is 0 Å². The fraction of sp³-hybridized carbons (Fsp3) is 0.0714. The largest absolute Gasteiger partial charge is 0.485 e. The van der Waals surface area contributed by atoms with Crippen molar-refractivity contribution in [2.24, 2.45) is 0 Å². The first-order chi connectivity index (χ1) is 8.83. The van der Waals surface area contributed by atoms with E-state index < -0.39 is 0 Å². The van der Waals surface area contributed by atoms with Gasteiger partial charge in [0, 0.05) is 4.88 Å². The van der Waals surface area contributed by atoms with Gasteiger partial charge in [-0.25, -0.2) is 4.79 Å². The van der Waals surface area contributed by atoms with Crippen molar-refractivity contribution in [3.05, 3.63) is 58.0 Å². The van der Waals surface area contributed by atoms with E-state index in [1.807, 2.05) is 29.7 Å². The first kappa shape index (κ1) is 11.0. The fourth-order valence-electron chi connectivity index (χ4n) is 1.72. The van der Waals surface area contributed by atoms with E-state index in [2.05, 4.69) is 0 Å². The number of cyclic esters (lactones) is 1. The molecule has 0 radical (unpaired) electrons. The van der Waals surface area contributed by atoms with Gasteiger partial charge >= 0.3 is 5.97 Å². The standard InChI is InChI=1S/C14H10O3S/c15-14-12-5-1-2-6-13(12)16-9-10(17-14)8-11-4-3-7-18-11/h1-8H,9H2/b10-8-. The highest BCUT2D eigenvalue weighted by atomic mass is 32.1. The molecule has 0 amide bonds. The Labute approximate surface area is 108 Å². The van der Waals surface area contributed by atoms with Gasteiger partial charge in [-0.3, -0.25) is 0 Å². The summed E-state index contributed by atoms with van der Waals surface area (Å²) in [6, 6.07) is 11.0. The van der Waals surface area contributed by atoms with E-state index in [0.29, 0.717) is 17.1 Å². The summed E-state index contributed by atoms with van der Waals surface area (Å²) < 4.78 is 10.9. The minimum atomic E-state index is -0.370. The SMILES string of the molecule is O=C1O/C(=C\c2cccs2)COc2ccccc21. The van der Waals surface area contributed by atoms with Gasteiger partial charge in [-0.15, -0.1) is 11.3 Å². The Kier molecular flexibility index (Phi) is 2.86. The number of ether oxygens (including phenoxy) is 2. The van der Waals surface area contributed by atoms with Crippen LogP contribution in [0.25, 0.3) is 6.08 Å². The quantitative estimate of drug-likeness (QED) is 0.736. The van der Waals surface area contributed by atoms with Crippen LogP contribution in [-0.4, -0.2) is 12.6 Å². The van der Waals surface area contributed by atoms with Crippen LogP contribution in [-0.2, 0) is 4.74 Å². The average molecular weight is 258 g/mol. The molecule has 3 nitrogen and oxygen atoms in total. The van der Waals surface area contributed by atoms with Gasteiger partial charge in [-0.1, -0.05) is 18.2 Å². The predicted molar refractivity (Wildman–Crippen MR) is 69.6 cm³/mol. The Balaban J connectivity index is 1.91. The second-order valence-electron chi connectivity index (χ2n) is 3.80. The van der Waals surface area contributed by atoms with E-state index >= 15 is 0 Å². The summed E-state index contributed by atoms with van der Waals surface area (Å²) in [5.74, 6) is 0.724. The minimum Gasteiger partial charge on any atom is -0.485 e. The van der Waals surface area contributed by atoms with Crippen molar-refractivity contribution in [1.82, 2.24) is 0 Å². The van der Waals surface area contributed by atoms with E-state index in [-0.39, 0.29) is 12.6 Å². The maximum absolute atomic E-state index is 11.9. The van der Waals surface area contributed by atoms with Crippen molar-refractivity contribution in [1.29, 1.82) is 0 Å². The third-order valence-corrected chi connectivity index (χ3v) is 3.37. The van der Waals surface area contributed by atoms with Crippen LogP contribution in [0.1, 0.15) is 15.2 Å². The molecular formula is C14H10O3S. The molecule has 0 bridgehead atoms. The lowest BCUT2D eigenvalue weighted by molar-refractivity contribution is 0.0621.